The Balaban J connectivity index is 1.22. The summed E-state index contributed by atoms with van der Waals surface area (Å²) in [5.74, 6) is 1.22. The quantitative estimate of drug-likeness (QED) is 0.170. The SMILES string of the molecule is [2H]c1c([2H])c([2H])c2c(c1[2H])c1c([2H])c([2H])c([2H])c([2H])c1n2-c1cc(-c2nc(-c3ccc(-c4ccccc4)cc3)nc(-c3cccc4c3-c3ccccc3C4(C)C)n2)ccc1-c1ccccc1. The highest BCUT2D eigenvalue weighted by molar-refractivity contribution is 6.10. The molecule has 0 saturated heterocycles. The van der Waals surface area contributed by atoms with E-state index in [1.54, 1.807) is 4.57 Å². The van der Waals surface area contributed by atoms with E-state index in [-0.39, 0.29) is 39.3 Å². The highest BCUT2D eigenvalue weighted by Gasteiger charge is 2.37. The fraction of sp³-hybridized carbons (Fsp3) is 0.0556. The van der Waals surface area contributed by atoms with Crippen LogP contribution >= 0.6 is 0 Å². The lowest BCUT2D eigenvalue weighted by atomic mass is 9.82. The number of hydrogen-bond acceptors (Lipinski definition) is 3. The highest BCUT2D eigenvalue weighted by atomic mass is 15.0. The Bertz CT molecular complexity index is 3570. The average Bonchev–Trinajstić information content (AvgIpc) is 3.84. The van der Waals surface area contributed by atoms with Gasteiger partial charge in [0, 0.05) is 38.4 Å². The molecule has 4 heteroatoms. The van der Waals surface area contributed by atoms with Crippen molar-refractivity contribution in [3.63, 3.8) is 0 Å². The van der Waals surface area contributed by atoms with Crippen molar-refractivity contribution in [3.05, 3.63) is 205 Å². The van der Waals surface area contributed by atoms with Gasteiger partial charge in [0.15, 0.2) is 17.5 Å². The number of rotatable bonds is 6. The van der Waals surface area contributed by atoms with Crippen LogP contribution in [0, 0.1) is 0 Å². The summed E-state index contributed by atoms with van der Waals surface area (Å²) in [4.78, 5) is 15.6. The molecule has 4 nitrogen and oxygen atoms in total. The van der Waals surface area contributed by atoms with E-state index in [0.717, 1.165) is 44.5 Å². The smallest absolute Gasteiger partial charge is 0.164 e. The maximum atomic E-state index is 9.29. The number of aromatic nitrogens is 4. The highest BCUT2D eigenvalue weighted by Crippen LogP contribution is 2.51. The zero-order chi connectivity index (χ0) is 45.8. The van der Waals surface area contributed by atoms with E-state index in [4.69, 9.17) is 23.2 Å². The summed E-state index contributed by atoms with van der Waals surface area (Å²) >= 11 is 0. The fourth-order valence-electron chi connectivity index (χ4n) is 8.52. The maximum absolute atomic E-state index is 9.29. The molecule has 0 amide bonds. The molecule has 8 aromatic carbocycles. The molecule has 58 heavy (non-hydrogen) atoms. The topological polar surface area (TPSA) is 43.6 Å². The van der Waals surface area contributed by atoms with Crippen LogP contribution in [0.5, 0.6) is 0 Å². The van der Waals surface area contributed by atoms with Crippen LogP contribution in [0.25, 0.3) is 95.0 Å². The first kappa shape index (κ1) is 26.4. The number of para-hydroxylation sites is 2. The van der Waals surface area contributed by atoms with Crippen LogP contribution in [0.3, 0.4) is 0 Å². The standard InChI is InChI=1S/C54H38N4/c1-54(2)45-24-12-9-22-43(45)50-44(23-15-25-46(50)54)53-56-51(38-30-28-36(29-31-38)35-16-5-3-6-17-35)55-52(57-53)39-32-33-40(37-18-7-4-8-19-37)49(34-39)58-47-26-13-10-20-41(47)42-21-11-14-27-48(42)58/h3-34H,1-2H3/i10D,11D,13D,14D,20D,21D,26D,27D. The first-order chi connectivity index (χ1) is 31.8. The van der Waals surface area contributed by atoms with Crippen molar-refractivity contribution in [1.82, 2.24) is 19.5 Å². The second-order valence-electron chi connectivity index (χ2n) is 15.0. The molecule has 0 N–H and O–H groups in total. The van der Waals surface area contributed by atoms with Gasteiger partial charge >= 0.3 is 0 Å². The van der Waals surface area contributed by atoms with Gasteiger partial charge in [0.2, 0.25) is 0 Å². The van der Waals surface area contributed by atoms with Gasteiger partial charge < -0.3 is 4.57 Å². The zero-order valence-corrected chi connectivity index (χ0v) is 31.6. The molecule has 0 bridgehead atoms. The van der Waals surface area contributed by atoms with Gasteiger partial charge in [0.05, 0.1) is 27.7 Å². The Morgan fingerprint density at radius 1 is 0.431 bits per heavy atom. The summed E-state index contributed by atoms with van der Waals surface area (Å²) in [5, 5.41) is -0.00512. The molecule has 11 rings (SSSR count). The zero-order valence-electron chi connectivity index (χ0n) is 39.6. The van der Waals surface area contributed by atoms with E-state index in [0.29, 0.717) is 34.3 Å². The normalized spacial score (nSPS) is 14.7. The molecule has 0 spiro atoms. The lowest BCUT2D eigenvalue weighted by Crippen LogP contribution is -2.14. The van der Waals surface area contributed by atoms with E-state index in [9.17, 15) is 2.74 Å². The Morgan fingerprint density at radius 3 is 1.66 bits per heavy atom. The van der Waals surface area contributed by atoms with Crippen LogP contribution < -0.4 is 0 Å². The number of benzene rings is 8. The molecule has 0 saturated carbocycles. The summed E-state index contributed by atoms with van der Waals surface area (Å²) in [6.45, 7) is 4.46. The lowest BCUT2D eigenvalue weighted by molar-refractivity contribution is 0.660. The largest absolute Gasteiger partial charge is 0.309 e. The van der Waals surface area contributed by atoms with Gasteiger partial charge in [-0.25, -0.2) is 15.0 Å². The monoisotopic (exact) mass is 750 g/mol. The van der Waals surface area contributed by atoms with Crippen molar-refractivity contribution < 1.29 is 11.0 Å². The Labute approximate surface area is 349 Å². The van der Waals surface area contributed by atoms with E-state index < -0.39 is 36.3 Å². The number of hydrogen-bond donors (Lipinski definition) is 0. The molecule has 0 radical (unpaired) electrons. The minimum Gasteiger partial charge on any atom is -0.309 e. The van der Waals surface area contributed by atoms with Crippen LogP contribution in [-0.4, -0.2) is 19.5 Å². The van der Waals surface area contributed by atoms with Crippen molar-refractivity contribution in [2.24, 2.45) is 0 Å². The van der Waals surface area contributed by atoms with E-state index >= 15 is 0 Å². The van der Waals surface area contributed by atoms with Crippen molar-refractivity contribution in [1.29, 1.82) is 0 Å². The molecule has 10 aromatic rings. The van der Waals surface area contributed by atoms with Crippen LogP contribution in [0.15, 0.2) is 194 Å². The van der Waals surface area contributed by atoms with Crippen molar-refractivity contribution >= 4 is 21.8 Å². The molecule has 2 heterocycles. The van der Waals surface area contributed by atoms with Crippen LogP contribution in [0.1, 0.15) is 35.9 Å². The molecular formula is C54H38N4. The Morgan fingerprint density at radius 2 is 0.948 bits per heavy atom. The van der Waals surface area contributed by atoms with Gasteiger partial charge in [-0.1, -0.05) is 190 Å². The molecule has 2 aromatic heterocycles. The van der Waals surface area contributed by atoms with E-state index in [1.165, 1.54) is 5.56 Å². The van der Waals surface area contributed by atoms with Crippen molar-refractivity contribution in [3.8, 4) is 73.2 Å². The average molecular weight is 751 g/mol. The summed E-state index contributed by atoms with van der Waals surface area (Å²) in [7, 11) is 0. The van der Waals surface area contributed by atoms with Crippen LogP contribution in [-0.2, 0) is 5.41 Å². The minimum absolute atomic E-state index is 0.00256. The Kier molecular flexibility index (Phi) is 6.09. The molecular weight excluding hydrogens is 705 g/mol. The molecule has 0 fully saturated rings. The van der Waals surface area contributed by atoms with E-state index in [2.05, 4.69) is 50.2 Å². The molecule has 1 aliphatic carbocycles. The molecule has 0 aliphatic heterocycles. The predicted octanol–water partition coefficient (Wildman–Crippen LogP) is 13.6. The Hall–Kier alpha value is -7.43. The number of fused-ring (bicyclic) bond motifs is 6. The predicted molar refractivity (Wildman–Crippen MR) is 239 cm³/mol. The summed E-state index contributed by atoms with van der Waals surface area (Å²) in [5.41, 5.74) is 10.4. The van der Waals surface area contributed by atoms with Crippen LogP contribution in [0.2, 0.25) is 0 Å². The third-order valence-corrected chi connectivity index (χ3v) is 11.3. The molecule has 0 atom stereocenters. The van der Waals surface area contributed by atoms with Crippen LogP contribution in [0.4, 0.5) is 0 Å². The minimum atomic E-state index is -0.503. The summed E-state index contributed by atoms with van der Waals surface area (Å²) in [6, 6.07) is 44.5. The third-order valence-electron chi connectivity index (χ3n) is 11.3. The fourth-order valence-corrected chi connectivity index (χ4v) is 8.52. The first-order valence-electron chi connectivity index (χ1n) is 23.2. The van der Waals surface area contributed by atoms with Gasteiger partial charge in [-0.2, -0.15) is 0 Å². The second kappa shape index (κ2) is 13.4. The van der Waals surface area contributed by atoms with Gasteiger partial charge in [-0.15, -0.1) is 0 Å². The van der Waals surface area contributed by atoms with Gasteiger partial charge in [-0.05, 0) is 57.1 Å². The van der Waals surface area contributed by atoms with E-state index in [1.807, 2.05) is 109 Å². The van der Waals surface area contributed by atoms with Gasteiger partial charge in [0.1, 0.15) is 0 Å². The third kappa shape index (κ3) is 5.41. The number of nitrogens with zero attached hydrogens (tertiary/aromatic N) is 4. The van der Waals surface area contributed by atoms with Gasteiger partial charge in [0.25, 0.3) is 0 Å². The maximum Gasteiger partial charge on any atom is 0.164 e. The van der Waals surface area contributed by atoms with Crippen molar-refractivity contribution in [2.45, 2.75) is 19.3 Å². The van der Waals surface area contributed by atoms with Gasteiger partial charge in [-0.3, -0.25) is 0 Å². The summed E-state index contributed by atoms with van der Waals surface area (Å²) < 4.78 is 73.1. The lowest BCUT2D eigenvalue weighted by Gasteiger charge is -2.21. The van der Waals surface area contributed by atoms with Crippen molar-refractivity contribution in [2.75, 3.05) is 0 Å². The molecule has 0 unspecified atom stereocenters. The second-order valence-corrected chi connectivity index (χ2v) is 15.0. The molecule has 1 aliphatic rings. The summed E-state index contributed by atoms with van der Waals surface area (Å²) in [6.07, 6.45) is 0. The first-order valence-corrected chi connectivity index (χ1v) is 19.2. The molecule has 274 valence electrons.